The van der Waals surface area contributed by atoms with Gasteiger partial charge in [-0.25, -0.2) is 0 Å². The molecule has 0 saturated carbocycles. The van der Waals surface area contributed by atoms with Crippen molar-refractivity contribution < 1.29 is 14.6 Å². The maximum absolute atomic E-state index is 10.4. The Hall–Kier alpha value is -1.40. The van der Waals surface area contributed by atoms with Gasteiger partial charge in [-0.05, 0) is 54.8 Å². The predicted molar refractivity (Wildman–Crippen MR) is 107 cm³/mol. The normalized spacial score (nSPS) is 19.3. The maximum Gasteiger partial charge on any atom is 0.119 e. The van der Waals surface area contributed by atoms with Crippen molar-refractivity contribution >= 4 is 15.9 Å². The van der Waals surface area contributed by atoms with Crippen molar-refractivity contribution in [1.82, 2.24) is 4.90 Å². The van der Waals surface area contributed by atoms with Crippen molar-refractivity contribution in [2.75, 3.05) is 32.8 Å². The lowest BCUT2D eigenvalue weighted by atomic mass is 10.1. The molecule has 2 unspecified atom stereocenters. The van der Waals surface area contributed by atoms with Crippen molar-refractivity contribution in [3.63, 3.8) is 0 Å². The fourth-order valence-corrected chi connectivity index (χ4v) is 3.57. The van der Waals surface area contributed by atoms with E-state index in [0.717, 1.165) is 23.3 Å². The second-order valence-corrected chi connectivity index (χ2v) is 7.87. The van der Waals surface area contributed by atoms with Gasteiger partial charge in [-0.3, -0.25) is 4.90 Å². The van der Waals surface area contributed by atoms with E-state index >= 15 is 0 Å². The summed E-state index contributed by atoms with van der Waals surface area (Å²) in [5, 5.41) is 10.4. The molecule has 1 heterocycles. The number of β-amino-alcohol motifs (C(OH)–C–C–N with tert-alkyl or cyclic N) is 1. The molecule has 2 aromatic rings. The Morgan fingerprint density at radius 2 is 1.88 bits per heavy atom. The van der Waals surface area contributed by atoms with Crippen LogP contribution in [0.4, 0.5) is 0 Å². The number of aryl methyl sites for hydroxylation is 2. The lowest BCUT2D eigenvalue weighted by Crippen LogP contribution is -2.43. The number of hydrogen-bond donors (Lipinski definition) is 1. The van der Waals surface area contributed by atoms with Gasteiger partial charge in [-0.1, -0.05) is 34.1 Å². The number of aliphatic hydroxyl groups excluding tert-OH is 1. The van der Waals surface area contributed by atoms with Gasteiger partial charge in [0.05, 0.1) is 12.7 Å². The van der Waals surface area contributed by atoms with Crippen LogP contribution < -0.4 is 4.74 Å². The highest BCUT2D eigenvalue weighted by molar-refractivity contribution is 9.10. The summed E-state index contributed by atoms with van der Waals surface area (Å²) >= 11 is 3.46. The summed E-state index contributed by atoms with van der Waals surface area (Å²) < 4.78 is 12.7. The van der Waals surface area contributed by atoms with Crippen molar-refractivity contribution in [3.8, 4) is 5.75 Å². The third kappa shape index (κ3) is 5.55. The van der Waals surface area contributed by atoms with Gasteiger partial charge in [0.2, 0.25) is 0 Å². The molecule has 0 spiro atoms. The van der Waals surface area contributed by atoms with Crippen molar-refractivity contribution in [3.05, 3.63) is 63.6 Å². The summed E-state index contributed by atoms with van der Waals surface area (Å²) in [6, 6.07) is 14.3. The van der Waals surface area contributed by atoms with E-state index in [1.165, 1.54) is 16.7 Å². The van der Waals surface area contributed by atoms with Gasteiger partial charge >= 0.3 is 0 Å². The molecular formula is C21H26BrNO3. The highest BCUT2D eigenvalue weighted by Gasteiger charge is 2.23. The molecule has 2 atom stereocenters. The Kier molecular flexibility index (Phi) is 6.70. The monoisotopic (exact) mass is 419 g/mol. The summed E-state index contributed by atoms with van der Waals surface area (Å²) in [4.78, 5) is 2.24. The van der Waals surface area contributed by atoms with Crippen LogP contribution in [0.5, 0.6) is 5.75 Å². The molecule has 0 aliphatic carbocycles. The first-order valence-corrected chi connectivity index (χ1v) is 9.77. The minimum Gasteiger partial charge on any atom is -0.491 e. The average Bonchev–Trinajstić information content (AvgIpc) is 2.60. The van der Waals surface area contributed by atoms with E-state index in [0.29, 0.717) is 19.8 Å². The van der Waals surface area contributed by atoms with Crippen LogP contribution in [-0.2, 0) is 4.74 Å². The molecule has 1 aliphatic rings. The third-order valence-electron chi connectivity index (χ3n) is 4.50. The van der Waals surface area contributed by atoms with Gasteiger partial charge in [-0.2, -0.15) is 0 Å². The van der Waals surface area contributed by atoms with Crippen LogP contribution >= 0.6 is 15.9 Å². The van der Waals surface area contributed by atoms with Crippen LogP contribution in [0, 0.1) is 13.8 Å². The van der Waals surface area contributed by atoms with Crippen LogP contribution in [0.2, 0.25) is 0 Å². The zero-order chi connectivity index (χ0) is 18.5. The number of halogens is 1. The summed E-state index contributed by atoms with van der Waals surface area (Å²) in [5.74, 6) is 0.816. The van der Waals surface area contributed by atoms with Gasteiger partial charge in [0.15, 0.2) is 0 Å². The topological polar surface area (TPSA) is 41.9 Å². The standard InChI is InChI=1S/C21H26BrNO3/c1-15-9-16(2)11-20(10-15)26-14-19(24)12-23-7-8-25-21(13-23)17-3-5-18(22)6-4-17/h3-6,9-11,19,21,24H,7-8,12-14H2,1-2H3. The Bertz CT molecular complexity index is 699. The predicted octanol–water partition coefficient (Wildman–Crippen LogP) is 3.88. The van der Waals surface area contributed by atoms with Crippen molar-refractivity contribution in [1.29, 1.82) is 0 Å². The average molecular weight is 420 g/mol. The molecule has 0 bridgehead atoms. The minimum absolute atomic E-state index is 0.0457. The highest BCUT2D eigenvalue weighted by Crippen LogP contribution is 2.24. The van der Waals surface area contributed by atoms with E-state index in [4.69, 9.17) is 9.47 Å². The molecular weight excluding hydrogens is 394 g/mol. The lowest BCUT2D eigenvalue weighted by Gasteiger charge is -2.34. The first-order valence-electron chi connectivity index (χ1n) is 8.98. The third-order valence-corrected chi connectivity index (χ3v) is 5.03. The van der Waals surface area contributed by atoms with Crippen LogP contribution in [0.3, 0.4) is 0 Å². The van der Waals surface area contributed by atoms with E-state index in [2.05, 4.69) is 39.0 Å². The number of aliphatic hydroxyl groups is 1. The van der Waals surface area contributed by atoms with E-state index < -0.39 is 6.10 Å². The van der Waals surface area contributed by atoms with E-state index in [-0.39, 0.29) is 6.10 Å². The molecule has 3 rings (SSSR count). The van der Waals surface area contributed by atoms with Crippen molar-refractivity contribution in [2.45, 2.75) is 26.1 Å². The molecule has 1 saturated heterocycles. The smallest absolute Gasteiger partial charge is 0.119 e. The summed E-state index contributed by atoms with van der Waals surface area (Å²) in [6.45, 7) is 7.25. The number of morpholine rings is 1. The second kappa shape index (κ2) is 9.00. The Morgan fingerprint density at radius 1 is 1.19 bits per heavy atom. The van der Waals surface area contributed by atoms with Crippen LogP contribution in [0.25, 0.3) is 0 Å². The Morgan fingerprint density at radius 3 is 2.58 bits per heavy atom. The zero-order valence-corrected chi connectivity index (χ0v) is 16.9. The SMILES string of the molecule is Cc1cc(C)cc(OCC(O)CN2CCOC(c3ccc(Br)cc3)C2)c1. The highest BCUT2D eigenvalue weighted by atomic mass is 79.9. The maximum atomic E-state index is 10.4. The molecule has 2 aromatic carbocycles. The second-order valence-electron chi connectivity index (χ2n) is 6.96. The van der Waals surface area contributed by atoms with Crippen LogP contribution in [-0.4, -0.2) is 49.0 Å². The Balaban J connectivity index is 1.50. The van der Waals surface area contributed by atoms with Gasteiger partial charge in [0, 0.05) is 24.1 Å². The van der Waals surface area contributed by atoms with Gasteiger partial charge in [0.1, 0.15) is 18.5 Å². The van der Waals surface area contributed by atoms with E-state index in [9.17, 15) is 5.11 Å². The number of rotatable bonds is 6. The molecule has 0 amide bonds. The summed E-state index contributed by atoms with van der Waals surface area (Å²) in [6.07, 6.45) is -0.483. The van der Waals surface area contributed by atoms with E-state index in [1.807, 2.05) is 38.1 Å². The zero-order valence-electron chi connectivity index (χ0n) is 15.3. The molecule has 26 heavy (non-hydrogen) atoms. The van der Waals surface area contributed by atoms with Crippen LogP contribution in [0.1, 0.15) is 22.8 Å². The van der Waals surface area contributed by atoms with E-state index in [1.54, 1.807) is 0 Å². The number of nitrogens with zero attached hydrogens (tertiary/aromatic N) is 1. The lowest BCUT2D eigenvalue weighted by molar-refractivity contribution is -0.0459. The van der Waals surface area contributed by atoms with Gasteiger partial charge in [0.25, 0.3) is 0 Å². The van der Waals surface area contributed by atoms with Gasteiger partial charge < -0.3 is 14.6 Å². The van der Waals surface area contributed by atoms with Crippen LogP contribution in [0.15, 0.2) is 46.9 Å². The minimum atomic E-state index is -0.528. The Labute approximate surface area is 163 Å². The quantitative estimate of drug-likeness (QED) is 0.771. The molecule has 0 aromatic heterocycles. The van der Waals surface area contributed by atoms with Crippen molar-refractivity contribution in [2.24, 2.45) is 0 Å². The molecule has 1 fully saturated rings. The number of hydrogen-bond acceptors (Lipinski definition) is 4. The first-order chi connectivity index (χ1) is 12.5. The largest absolute Gasteiger partial charge is 0.491 e. The fraction of sp³-hybridized carbons (Fsp3) is 0.429. The first kappa shape index (κ1) is 19.4. The summed E-state index contributed by atoms with van der Waals surface area (Å²) in [5.41, 5.74) is 3.50. The number of benzene rings is 2. The molecule has 0 radical (unpaired) electrons. The molecule has 1 aliphatic heterocycles. The molecule has 1 N–H and O–H groups in total. The molecule has 5 heteroatoms. The fourth-order valence-electron chi connectivity index (χ4n) is 3.31. The summed E-state index contributed by atoms with van der Waals surface area (Å²) in [7, 11) is 0. The van der Waals surface area contributed by atoms with Gasteiger partial charge in [-0.15, -0.1) is 0 Å². The molecule has 4 nitrogen and oxygen atoms in total. The molecule has 140 valence electrons. The number of ether oxygens (including phenoxy) is 2.